The summed E-state index contributed by atoms with van der Waals surface area (Å²) < 4.78 is 0. The number of carbonyl (C=O) groups is 2. The fraction of sp³-hybridized carbons (Fsp3) is 0.333. The predicted molar refractivity (Wildman–Crippen MR) is 130 cm³/mol. The van der Waals surface area contributed by atoms with Crippen molar-refractivity contribution in [1.82, 2.24) is 5.32 Å². The molecule has 174 valence electrons. The Morgan fingerprint density at radius 1 is 1.21 bits per heavy atom. The van der Waals surface area contributed by atoms with Crippen molar-refractivity contribution < 1.29 is 14.5 Å². The number of hydrogen-bond donors (Lipinski definition) is 2. The van der Waals surface area contributed by atoms with Gasteiger partial charge in [-0.15, -0.1) is 0 Å². The van der Waals surface area contributed by atoms with Crippen LogP contribution in [0.4, 0.5) is 17.1 Å². The molecule has 9 heteroatoms. The van der Waals surface area contributed by atoms with Crippen LogP contribution in [0.25, 0.3) is 6.08 Å². The number of amides is 2. The molecular formula is C24H27ClN4O4. The fourth-order valence-electron chi connectivity index (χ4n) is 3.71. The number of carbonyl (C=O) groups excluding carboxylic acids is 2. The average Bonchev–Trinajstić information content (AvgIpc) is 3.33. The van der Waals surface area contributed by atoms with Gasteiger partial charge in [0.1, 0.15) is 11.1 Å². The first-order valence-corrected chi connectivity index (χ1v) is 11.3. The molecule has 0 saturated carbocycles. The molecule has 0 spiro atoms. The van der Waals surface area contributed by atoms with E-state index in [2.05, 4.69) is 15.5 Å². The molecule has 1 unspecified atom stereocenters. The Bertz CT molecular complexity index is 1050. The molecule has 0 bridgehead atoms. The molecule has 2 aromatic rings. The summed E-state index contributed by atoms with van der Waals surface area (Å²) in [6.07, 6.45) is 6.20. The Morgan fingerprint density at radius 2 is 1.97 bits per heavy atom. The third-order valence-electron chi connectivity index (χ3n) is 5.39. The van der Waals surface area contributed by atoms with Crippen molar-refractivity contribution in [2.24, 2.45) is 0 Å². The van der Waals surface area contributed by atoms with Gasteiger partial charge >= 0.3 is 0 Å². The van der Waals surface area contributed by atoms with Gasteiger partial charge < -0.3 is 15.5 Å². The second-order valence-electron chi connectivity index (χ2n) is 7.88. The Labute approximate surface area is 197 Å². The average molecular weight is 471 g/mol. The van der Waals surface area contributed by atoms with Gasteiger partial charge in [0.05, 0.1) is 4.92 Å². The molecule has 1 heterocycles. The molecule has 1 saturated heterocycles. The molecule has 33 heavy (non-hydrogen) atoms. The molecule has 8 nitrogen and oxygen atoms in total. The minimum absolute atomic E-state index is 0.0232. The number of nitro benzene ring substituents is 1. The van der Waals surface area contributed by atoms with E-state index >= 15 is 0 Å². The smallest absolute Gasteiger partial charge is 0.288 e. The number of hydrogen-bond acceptors (Lipinski definition) is 5. The lowest BCUT2D eigenvalue weighted by molar-refractivity contribution is -0.384. The molecule has 3 rings (SSSR count). The maximum Gasteiger partial charge on any atom is 0.288 e. The standard InChI is InChI=1S/C24H27ClN4O4/c1-2-6-21(24(31)26-18-7-5-8-19(16-18)28-13-3-4-14-28)27-23(30)12-10-17-9-11-20(25)22(15-17)29(32)33/h5,7-12,15-16,21H,2-4,6,13-14H2,1H3,(H,26,31)(H,27,30)/b12-10+. The molecule has 1 fully saturated rings. The normalized spacial score (nSPS) is 14.3. The quantitative estimate of drug-likeness (QED) is 0.311. The van der Waals surface area contributed by atoms with E-state index in [-0.39, 0.29) is 16.6 Å². The molecular weight excluding hydrogens is 444 g/mol. The molecule has 1 aliphatic rings. The minimum Gasteiger partial charge on any atom is -0.371 e. The summed E-state index contributed by atoms with van der Waals surface area (Å²) in [5.74, 6) is -0.758. The van der Waals surface area contributed by atoms with Crippen LogP contribution < -0.4 is 15.5 Å². The van der Waals surface area contributed by atoms with Crippen LogP contribution in [0, 0.1) is 10.1 Å². The number of nitrogens with zero attached hydrogens (tertiary/aromatic N) is 2. The summed E-state index contributed by atoms with van der Waals surface area (Å²) in [6.45, 7) is 3.95. The summed E-state index contributed by atoms with van der Waals surface area (Å²) >= 11 is 5.81. The Kier molecular flexibility index (Phi) is 8.43. The summed E-state index contributed by atoms with van der Waals surface area (Å²) in [7, 11) is 0. The highest BCUT2D eigenvalue weighted by atomic mass is 35.5. The molecule has 0 aromatic heterocycles. The van der Waals surface area contributed by atoms with Crippen molar-refractivity contribution in [2.45, 2.75) is 38.6 Å². The van der Waals surface area contributed by atoms with Gasteiger partial charge in [-0.1, -0.05) is 37.1 Å². The first kappa shape index (κ1) is 24.3. The van der Waals surface area contributed by atoms with Crippen LogP contribution in [0.3, 0.4) is 0 Å². The van der Waals surface area contributed by atoms with Gasteiger partial charge in [-0.05, 0) is 55.2 Å². The number of anilines is 2. The predicted octanol–water partition coefficient (Wildman–Crippen LogP) is 4.79. The zero-order valence-electron chi connectivity index (χ0n) is 18.4. The van der Waals surface area contributed by atoms with Gasteiger partial charge in [0.15, 0.2) is 0 Å². The zero-order valence-corrected chi connectivity index (χ0v) is 19.2. The summed E-state index contributed by atoms with van der Waals surface area (Å²) in [4.78, 5) is 38.0. The van der Waals surface area contributed by atoms with Gasteiger partial charge in [0.2, 0.25) is 11.8 Å². The molecule has 0 aliphatic carbocycles. The molecule has 0 radical (unpaired) electrons. The van der Waals surface area contributed by atoms with E-state index in [0.29, 0.717) is 24.1 Å². The van der Waals surface area contributed by atoms with E-state index < -0.39 is 16.9 Å². The lowest BCUT2D eigenvalue weighted by atomic mass is 10.1. The lowest BCUT2D eigenvalue weighted by Crippen LogP contribution is -2.43. The highest BCUT2D eigenvalue weighted by molar-refractivity contribution is 6.32. The van der Waals surface area contributed by atoms with Gasteiger partial charge in [-0.25, -0.2) is 0 Å². The Hall–Kier alpha value is -3.39. The van der Waals surface area contributed by atoms with Crippen molar-refractivity contribution in [2.75, 3.05) is 23.3 Å². The Morgan fingerprint density at radius 3 is 2.67 bits per heavy atom. The van der Waals surface area contributed by atoms with Crippen molar-refractivity contribution in [3.63, 3.8) is 0 Å². The first-order valence-electron chi connectivity index (χ1n) is 11.0. The van der Waals surface area contributed by atoms with Crippen LogP contribution in [0.1, 0.15) is 38.2 Å². The molecule has 1 atom stereocenters. The summed E-state index contributed by atoms with van der Waals surface area (Å²) in [6, 6.07) is 11.3. The summed E-state index contributed by atoms with van der Waals surface area (Å²) in [5, 5.41) is 16.7. The van der Waals surface area contributed by atoms with Crippen LogP contribution >= 0.6 is 11.6 Å². The molecule has 2 N–H and O–H groups in total. The molecule has 2 aromatic carbocycles. The second kappa shape index (κ2) is 11.5. The monoisotopic (exact) mass is 470 g/mol. The van der Waals surface area contributed by atoms with Gasteiger partial charge in [-0.3, -0.25) is 19.7 Å². The van der Waals surface area contributed by atoms with E-state index in [9.17, 15) is 19.7 Å². The third-order valence-corrected chi connectivity index (χ3v) is 5.71. The number of nitro groups is 1. The van der Waals surface area contributed by atoms with Crippen molar-refractivity contribution in [3.05, 3.63) is 69.2 Å². The number of rotatable bonds is 9. The van der Waals surface area contributed by atoms with E-state index in [1.165, 1.54) is 24.3 Å². The van der Waals surface area contributed by atoms with Crippen LogP contribution in [0.15, 0.2) is 48.5 Å². The lowest BCUT2D eigenvalue weighted by Gasteiger charge is -2.20. The first-order chi connectivity index (χ1) is 15.9. The maximum absolute atomic E-state index is 12.8. The van der Waals surface area contributed by atoms with Crippen molar-refractivity contribution >= 4 is 46.6 Å². The number of halogens is 1. The third kappa shape index (κ3) is 6.79. The fourth-order valence-corrected chi connectivity index (χ4v) is 3.89. The van der Waals surface area contributed by atoms with Crippen LogP contribution in [-0.4, -0.2) is 35.9 Å². The number of benzene rings is 2. The second-order valence-corrected chi connectivity index (χ2v) is 8.29. The SMILES string of the molecule is CCCC(NC(=O)/C=C/c1ccc(Cl)c([N+](=O)[O-])c1)C(=O)Nc1cccc(N2CCCC2)c1. The van der Waals surface area contributed by atoms with Crippen LogP contribution in [0.2, 0.25) is 5.02 Å². The van der Waals surface area contributed by atoms with Crippen molar-refractivity contribution in [3.8, 4) is 0 Å². The van der Waals surface area contributed by atoms with E-state index in [1.54, 1.807) is 6.07 Å². The molecule has 2 amide bonds. The maximum atomic E-state index is 12.8. The van der Waals surface area contributed by atoms with Gasteiger partial charge in [0.25, 0.3) is 5.69 Å². The van der Waals surface area contributed by atoms with Crippen molar-refractivity contribution in [1.29, 1.82) is 0 Å². The largest absolute Gasteiger partial charge is 0.371 e. The van der Waals surface area contributed by atoms with Crippen LogP contribution in [-0.2, 0) is 9.59 Å². The van der Waals surface area contributed by atoms with E-state index in [4.69, 9.17) is 11.6 Å². The zero-order chi connectivity index (χ0) is 23.8. The van der Waals surface area contributed by atoms with Crippen LogP contribution in [0.5, 0.6) is 0 Å². The van der Waals surface area contributed by atoms with E-state index in [0.717, 1.165) is 31.6 Å². The molecule has 1 aliphatic heterocycles. The van der Waals surface area contributed by atoms with Gasteiger partial charge in [0, 0.05) is 36.6 Å². The highest BCUT2D eigenvalue weighted by Crippen LogP contribution is 2.26. The summed E-state index contributed by atoms with van der Waals surface area (Å²) in [5.41, 5.74) is 1.97. The highest BCUT2D eigenvalue weighted by Gasteiger charge is 2.20. The number of nitrogens with one attached hydrogen (secondary N) is 2. The van der Waals surface area contributed by atoms with E-state index in [1.807, 2.05) is 31.2 Å². The topological polar surface area (TPSA) is 105 Å². The van der Waals surface area contributed by atoms with Gasteiger partial charge in [-0.2, -0.15) is 0 Å². The minimum atomic E-state index is -0.706. The Balaban J connectivity index is 1.64.